The fraction of sp³-hybridized carbons (Fsp3) is 0.250. The van der Waals surface area contributed by atoms with Crippen LogP contribution in [0.3, 0.4) is 0 Å². The van der Waals surface area contributed by atoms with E-state index in [4.69, 9.17) is 9.84 Å². The minimum atomic E-state index is 0.200. The van der Waals surface area contributed by atoms with Gasteiger partial charge < -0.3 is 14.7 Å². The first kappa shape index (κ1) is 13.4. The maximum Gasteiger partial charge on any atom is 0.150 e. The quantitative estimate of drug-likeness (QED) is 0.862. The third kappa shape index (κ3) is 3.73. The van der Waals surface area contributed by atoms with Crippen molar-refractivity contribution in [2.45, 2.75) is 6.42 Å². The number of rotatable bonds is 6. The zero-order chi connectivity index (χ0) is 13.5. The molecule has 0 radical (unpaired) electrons. The molecule has 2 rings (SSSR count). The van der Waals surface area contributed by atoms with Crippen LogP contribution in [-0.4, -0.2) is 25.3 Å². The van der Waals surface area contributed by atoms with Gasteiger partial charge >= 0.3 is 0 Å². The van der Waals surface area contributed by atoms with Crippen LogP contribution in [0.5, 0.6) is 11.5 Å². The van der Waals surface area contributed by atoms with Crippen LogP contribution in [0.25, 0.3) is 0 Å². The minimum Gasteiger partial charge on any atom is -0.455 e. The number of anilines is 1. The molecule has 1 N–H and O–H groups in total. The van der Waals surface area contributed by atoms with Gasteiger partial charge in [-0.2, -0.15) is 0 Å². The summed E-state index contributed by atoms with van der Waals surface area (Å²) in [7, 11) is 2.00. The molecular formula is C16H19NO2. The molecule has 0 saturated heterocycles. The predicted molar refractivity (Wildman–Crippen MR) is 77.9 cm³/mol. The number of nitrogens with zero attached hydrogens (tertiary/aromatic N) is 1. The Morgan fingerprint density at radius 2 is 1.68 bits per heavy atom. The number of ether oxygens (including phenoxy) is 1. The Morgan fingerprint density at radius 3 is 2.42 bits per heavy atom. The van der Waals surface area contributed by atoms with E-state index in [-0.39, 0.29) is 6.61 Å². The van der Waals surface area contributed by atoms with Crippen LogP contribution in [0.2, 0.25) is 0 Å². The van der Waals surface area contributed by atoms with Crippen LogP contribution in [0, 0.1) is 0 Å². The first-order valence-corrected chi connectivity index (χ1v) is 6.45. The average molecular weight is 257 g/mol. The van der Waals surface area contributed by atoms with Crippen LogP contribution in [0.4, 0.5) is 5.69 Å². The number of benzene rings is 2. The van der Waals surface area contributed by atoms with Crippen LogP contribution in [-0.2, 0) is 0 Å². The summed E-state index contributed by atoms with van der Waals surface area (Å²) in [5, 5.41) is 8.91. The van der Waals surface area contributed by atoms with E-state index >= 15 is 0 Å². The first-order chi connectivity index (χ1) is 9.31. The smallest absolute Gasteiger partial charge is 0.150 e. The molecule has 2 aromatic carbocycles. The molecular weight excluding hydrogens is 238 g/mol. The molecule has 0 aromatic heterocycles. The van der Waals surface area contributed by atoms with Gasteiger partial charge in [-0.15, -0.1) is 0 Å². The van der Waals surface area contributed by atoms with E-state index in [2.05, 4.69) is 4.90 Å². The molecule has 3 heteroatoms. The Morgan fingerprint density at radius 1 is 1.00 bits per heavy atom. The first-order valence-electron chi connectivity index (χ1n) is 6.45. The summed E-state index contributed by atoms with van der Waals surface area (Å²) in [5.41, 5.74) is 1.03. The minimum absolute atomic E-state index is 0.200. The van der Waals surface area contributed by atoms with Crippen molar-refractivity contribution in [2.24, 2.45) is 0 Å². The molecule has 0 aliphatic rings. The molecule has 0 saturated carbocycles. The maximum atomic E-state index is 8.91. The zero-order valence-corrected chi connectivity index (χ0v) is 11.1. The molecule has 0 fully saturated rings. The van der Waals surface area contributed by atoms with Gasteiger partial charge in [0.1, 0.15) is 5.75 Å². The van der Waals surface area contributed by atoms with Gasteiger partial charge in [-0.05, 0) is 30.7 Å². The lowest BCUT2D eigenvalue weighted by Gasteiger charge is -2.21. The second-order valence-electron chi connectivity index (χ2n) is 4.38. The van der Waals surface area contributed by atoms with Crippen molar-refractivity contribution in [1.82, 2.24) is 0 Å². The summed E-state index contributed by atoms with van der Waals surface area (Å²) in [5.74, 6) is 1.65. The fourth-order valence-corrected chi connectivity index (χ4v) is 1.90. The van der Waals surface area contributed by atoms with E-state index in [9.17, 15) is 0 Å². The standard InChI is InChI=1S/C16H19NO2/c1-17(12-7-13-18)15-10-5-6-11-16(15)19-14-8-3-2-4-9-14/h2-6,8-11,18H,7,12-13H2,1H3. The summed E-state index contributed by atoms with van der Waals surface area (Å²) in [4.78, 5) is 2.09. The Balaban J connectivity index is 2.16. The molecule has 19 heavy (non-hydrogen) atoms. The van der Waals surface area contributed by atoms with Crippen molar-refractivity contribution in [3.63, 3.8) is 0 Å². The monoisotopic (exact) mass is 257 g/mol. The Bertz CT molecular complexity index is 499. The summed E-state index contributed by atoms with van der Waals surface area (Å²) in [6, 6.07) is 17.7. The highest BCUT2D eigenvalue weighted by Gasteiger charge is 2.08. The molecule has 0 spiro atoms. The van der Waals surface area contributed by atoms with Gasteiger partial charge in [0.25, 0.3) is 0 Å². The van der Waals surface area contributed by atoms with E-state index in [0.29, 0.717) is 0 Å². The predicted octanol–water partition coefficient (Wildman–Crippen LogP) is 3.30. The summed E-state index contributed by atoms with van der Waals surface area (Å²) in [6.45, 7) is 0.998. The summed E-state index contributed by atoms with van der Waals surface area (Å²) < 4.78 is 5.91. The van der Waals surface area contributed by atoms with Gasteiger partial charge in [-0.3, -0.25) is 0 Å². The largest absolute Gasteiger partial charge is 0.455 e. The molecule has 0 aliphatic heterocycles. The van der Waals surface area contributed by atoms with Crippen LogP contribution in [0.15, 0.2) is 54.6 Å². The lowest BCUT2D eigenvalue weighted by molar-refractivity contribution is 0.290. The molecule has 0 aliphatic carbocycles. The van der Waals surface area contributed by atoms with Crippen molar-refractivity contribution >= 4 is 5.69 Å². The van der Waals surface area contributed by atoms with Gasteiger partial charge in [-0.1, -0.05) is 30.3 Å². The van der Waals surface area contributed by atoms with Crippen molar-refractivity contribution in [3.05, 3.63) is 54.6 Å². The topological polar surface area (TPSA) is 32.7 Å². The highest BCUT2D eigenvalue weighted by Crippen LogP contribution is 2.31. The number of aliphatic hydroxyl groups excluding tert-OH is 1. The maximum absolute atomic E-state index is 8.91. The highest BCUT2D eigenvalue weighted by molar-refractivity contribution is 5.59. The van der Waals surface area contributed by atoms with Crippen LogP contribution >= 0.6 is 0 Å². The van der Waals surface area contributed by atoms with Gasteiger partial charge in [0.2, 0.25) is 0 Å². The molecule has 0 bridgehead atoms. The number of hydrogen-bond acceptors (Lipinski definition) is 3. The normalized spacial score (nSPS) is 10.2. The van der Waals surface area contributed by atoms with Gasteiger partial charge in [0, 0.05) is 20.2 Å². The second kappa shape index (κ2) is 6.81. The van der Waals surface area contributed by atoms with Gasteiger partial charge in [0.15, 0.2) is 5.75 Å². The number of aliphatic hydroxyl groups is 1. The van der Waals surface area contributed by atoms with Crippen molar-refractivity contribution < 1.29 is 9.84 Å². The zero-order valence-electron chi connectivity index (χ0n) is 11.1. The van der Waals surface area contributed by atoms with Crippen LogP contribution < -0.4 is 9.64 Å². The lowest BCUT2D eigenvalue weighted by atomic mass is 10.2. The number of hydrogen-bond donors (Lipinski definition) is 1. The average Bonchev–Trinajstić information content (AvgIpc) is 2.46. The Hall–Kier alpha value is -2.00. The molecule has 0 unspecified atom stereocenters. The Kier molecular flexibility index (Phi) is 4.81. The molecule has 100 valence electrons. The summed E-state index contributed by atoms with van der Waals surface area (Å²) >= 11 is 0. The Labute approximate surface area is 114 Å². The van der Waals surface area contributed by atoms with Gasteiger partial charge in [-0.25, -0.2) is 0 Å². The molecule has 3 nitrogen and oxygen atoms in total. The van der Waals surface area contributed by atoms with Crippen LogP contribution in [0.1, 0.15) is 6.42 Å². The molecule has 2 aromatic rings. The SMILES string of the molecule is CN(CCCO)c1ccccc1Oc1ccccc1. The third-order valence-corrected chi connectivity index (χ3v) is 2.90. The van der Waals surface area contributed by atoms with Crippen molar-refractivity contribution in [3.8, 4) is 11.5 Å². The second-order valence-corrected chi connectivity index (χ2v) is 4.38. The van der Waals surface area contributed by atoms with E-state index in [1.807, 2.05) is 61.6 Å². The van der Waals surface area contributed by atoms with Crippen molar-refractivity contribution in [1.29, 1.82) is 0 Å². The summed E-state index contributed by atoms with van der Waals surface area (Å²) in [6.07, 6.45) is 0.746. The molecule has 0 amide bonds. The third-order valence-electron chi connectivity index (χ3n) is 2.90. The molecule has 0 heterocycles. The lowest BCUT2D eigenvalue weighted by Crippen LogP contribution is -2.19. The van der Waals surface area contributed by atoms with E-state index in [0.717, 1.165) is 30.2 Å². The van der Waals surface area contributed by atoms with E-state index < -0.39 is 0 Å². The fourth-order valence-electron chi connectivity index (χ4n) is 1.90. The molecule has 0 atom stereocenters. The van der Waals surface area contributed by atoms with E-state index in [1.54, 1.807) is 0 Å². The van der Waals surface area contributed by atoms with Gasteiger partial charge in [0.05, 0.1) is 5.69 Å². The van der Waals surface area contributed by atoms with Crippen molar-refractivity contribution in [2.75, 3.05) is 25.1 Å². The number of para-hydroxylation sites is 3. The van der Waals surface area contributed by atoms with E-state index in [1.165, 1.54) is 0 Å². The highest BCUT2D eigenvalue weighted by atomic mass is 16.5.